The third-order valence-electron chi connectivity index (χ3n) is 13.1. The van der Waals surface area contributed by atoms with Gasteiger partial charge in [0.1, 0.15) is 8.07 Å². The Hall–Kier alpha value is -1.08. The molecule has 0 radical (unpaired) electrons. The van der Waals surface area contributed by atoms with Crippen LogP contribution in [0.1, 0.15) is 59.8 Å². The average molecular weight is 820 g/mol. The van der Waals surface area contributed by atoms with Gasteiger partial charge in [0.25, 0.3) is 0 Å². The van der Waals surface area contributed by atoms with Gasteiger partial charge in [0.05, 0.1) is 46.0 Å². The van der Waals surface area contributed by atoms with E-state index in [1.165, 1.54) is 61.1 Å². The average Bonchev–Trinajstić information content (AvgIpc) is 3.07. The molecule has 1 nitrogen and oxygen atoms in total. The van der Waals surface area contributed by atoms with Crippen LogP contribution in [-0.4, -0.2) is 60.3 Å². The van der Waals surface area contributed by atoms with Crippen LogP contribution in [0, 0.1) is 0 Å². The summed E-state index contributed by atoms with van der Waals surface area (Å²) in [5, 5.41) is 9.59. The zero-order valence-electron chi connectivity index (χ0n) is 37.6. The zero-order chi connectivity index (χ0) is 39.9. The predicted octanol–water partition coefficient (Wildman–Crippen LogP) is 10.9. The van der Waals surface area contributed by atoms with E-state index < -0.39 is 48.4 Å². The van der Waals surface area contributed by atoms with Gasteiger partial charge in [0.2, 0.25) is 0 Å². The lowest BCUT2D eigenvalue weighted by Crippen LogP contribution is -2.53. The monoisotopic (exact) mass is 818 g/mol. The van der Waals surface area contributed by atoms with Crippen molar-refractivity contribution in [2.24, 2.45) is 0 Å². The highest BCUT2D eigenvalue weighted by Crippen LogP contribution is 2.32. The SMILES string of the molecule is CCC[Si](C)(C)c1ccc([Si](C)(C)CCCC(C)(C[Si](C)(C)c2ccc([Si](C)(C)CCC)cc2)OC[Si](C)(C)c2ccc([Si](C)(C)CCC)cc2)cc1. The standard InChI is InChI=1S/C46H82OSi6/c1-17-34-48(5,6)40-21-23-43(24-22-40)51(11,12)37-20-33-46(4,38-52(13,14)44-29-25-41(26-30-44)49(7,8)35-18-2)47-39-53(15,16)45-31-27-42(28-32-45)50(9,10)36-19-3/h21-32H,17-20,33-39H2,1-16H3. The molecule has 0 saturated heterocycles. The Kier molecular flexibility index (Phi) is 16.1. The van der Waals surface area contributed by atoms with Crippen LogP contribution in [0.3, 0.4) is 0 Å². The molecular weight excluding hydrogens is 737 g/mol. The minimum absolute atomic E-state index is 0.130. The van der Waals surface area contributed by atoms with Crippen molar-refractivity contribution in [1.82, 2.24) is 0 Å². The van der Waals surface area contributed by atoms with Crippen molar-refractivity contribution < 1.29 is 4.74 Å². The Labute approximate surface area is 335 Å². The van der Waals surface area contributed by atoms with Gasteiger partial charge in [-0.25, -0.2) is 0 Å². The summed E-state index contributed by atoms with van der Waals surface area (Å²) in [6.45, 7) is 40.2. The van der Waals surface area contributed by atoms with E-state index in [1.54, 1.807) is 25.9 Å². The van der Waals surface area contributed by atoms with Crippen LogP contribution in [0.4, 0.5) is 0 Å². The van der Waals surface area contributed by atoms with Crippen molar-refractivity contribution in [2.45, 2.75) is 174 Å². The summed E-state index contributed by atoms with van der Waals surface area (Å²) in [7, 11) is -9.26. The van der Waals surface area contributed by atoms with Crippen LogP contribution in [0.25, 0.3) is 0 Å². The molecule has 7 heteroatoms. The maximum Gasteiger partial charge on any atom is 0.109 e. The molecule has 3 aromatic rings. The molecule has 1 atom stereocenters. The van der Waals surface area contributed by atoms with E-state index in [9.17, 15) is 0 Å². The third-order valence-corrected chi connectivity index (χ3v) is 33.8. The Balaban J connectivity index is 1.85. The molecule has 53 heavy (non-hydrogen) atoms. The number of rotatable bonds is 21. The van der Waals surface area contributed by atoms with Gasteiger partial charge in [-0.3, -0.25) is 0 Å². The van der Waals surface area contributed by atoms with Crippen molar-refractivity contribution in [2.75, 3.05) is 6.23 Å². The van der Waals surface area contributed by atoms with E-state index in [0.29, 0.717) is 0 Å². The minimum atomic E-state index is -1.81. The highest BCUT2D eigenvalue weighted by Gasteiger charge is 2.39. The maximum atomic E-state index is 7.38. The lowest BCUT2D eigenvalue weighted by molar-refractivity contribution is -0.00152. The van der Waals surface area contributed by atoms with Crippen molar-refractivity contribution in [3.8, 4) is 0 Å². The first kappa shape index (κ1) is 46.3. The first-order chi connectivity index (χ1) is 24.4. The Morgan fingerprint density at radius 2 is 0.660 bits per heavy atom. The molecule has 0 aliphatic carbocycles. The Bertz CT molecular complexity index is 1560. The molecule has 0 saturated carbocycles. The lowest BCUT2D eigenvalue weighted by atomic mass is 10.0. The lowest BCUT2D eigenvalue weighted by Gasteiger charge is -2.40. The third kappa shape index (κ3) is 12.7. The number of benzene rings is 3. The summed E-state index contributed by atoms with van der Waals surface area (Å²) in [5.74, 6) is 0. The molecule has 3 aromatic carbocycles. The fraction of sp³-hybridized carbons (Fsp3) is 0.609. The van der Waals surface area contributed by atoms with Gasteiger partial charge in [0.15, 0.2) is 0 Å². The quantitative estimate of drug-likeness (QED) is 0.0973. The smallest absolute Gasteiger partial charge is 0.109 e. The van der Waals surface area contributed by atoms with Crippen LogP contribution in [0.5, 0.6) is 0 Å². The largest absolute Gasteiger partial charge is 0.378 e. The number of hydrogen-bond donors (Lipinski definition) is 0. The fourth-order valence-corrected chi connectivity index (χ4v) is 24.8. The summed E-state index contributed by atoms with van der Waals surface area (Å²) < 4.78 is 7.38. The second-order valence-corrected chi connectivity index (χ2v) is 49.8. The summed E-state index contributed by atoms with van der Waals surface area (Å²) in [5.41, 5.74) is -0.130. The van der Waals surface area contributed by atoms with E-state index in [-0.39, 0.29) is 5.60 Å². The number of hydrogen-bond acceptors (Lipinski definition) is 1. The van der Waals surface area contributed by atoms with Crippen molar-refractivity contribution in [3.05, 3.63) is 72.8 Å². The van der Waals surface area contributed by atoms with Gasteiger partial charge in [-0.1, -0.05) is 253 Å². The van der Waals surface area contributed by atoms with Crippen LogP contribution >= 0.6 is 0 Å². The molecule has 0 spiro atoms. The van der Waals surface area contributed by atoms with E-state index in [0.717, 1.165) is 12.7 Å². The molecule has 0 heterocycles. The molecule has 1 unspecified atom stereocenters. The second-order valence-electron chi connectivity index (χ2n) is 21.1. The second kappa shape index (κ2) is 18.5. The fourth-order valence-electron chi connectivity index (χ4n) is 9.16. The summed E-state index contributed by atoms with van der Waals surface area (Å²) in [6.07, 6.45) is 7.11. The molecule has 296 valence electrons. The zero-order valence-corrected chi connectivity index (χ0v) is 43.6. The van der Waals surface area contributed by atoms with E-state index in [1.807, 2.05) is 0 Å². The topological polar surface area (TPSA) is 9.23 Å². The normalized spacial score (nSPS) is 14.7. The van der Waals surface area contributed by atoms with Gasteiger partial charge in [-0.2, -0.15) is 0 Å². The van der Waals surface area contributed by atoms with Crippen LogP contribution < -0.4 is 31.1 Å². The highest BCUT2D eigenvalue weighted by atomic mass is 28.3. The molecule has 0 aliphatic heterocycles. The summed E-state index contributed by atoms with van der Waals surface area (Å²) in [4.78, 5) is 0. The van der Waals surface area contributed by atoms with Gasteiger partial charge >= 0.3 is 0 Å². The van der Waals surface area contributed by atoms with Gasteiger partial charge < -0.3 is 4.74 Å². The Morgan fingerprint density at radius 3 is 0.962 bits per heavy atom. The first-order valence-corrected chi connectivity index (χ1v) is 40.6. The summed E-state index contributed by atoms with van der Waals surface area (Å²) in [6, 6.07) is 36.5. The molecule has 0 amide bonds. The van der Waals surface area contributed by atoms with Crippen LogP contribution in [-0.2, 0) is 4.74 Å². The van der Waals surface area contributed by atoms with Gasteiger partial charge in [-0.05, 0) is 19.4 Å². The molecule has 0 bridgehead atoms. The summed E-state index contributed by atoms with van der Waals surface area (Å²) >= 11 is 0. The van der Waals surface area contributed by atoms with Gasteiger partial charge in [0, 0.05) is 6.23 Å². The molecule has 0 aliphatic rings. The molecular formula is C46H82OSi6. The Morgan fingerprint density at radius 1 is 0.396 bits per heavy atom. The molecule has 0 N–H and O–H groups in total. The van der Waals surface area contributed by atoms with E-state index >= 15 is 0 Å². The highest BCUT2D eigenvalue weighted by molar-refractivity contribution is 6.93. The number of ether oxygens (including phenoxy) is 1. The van der Waals surface area contributed by atoms with Crippen molar-refractivity contribution in [3.63, 3.8) is 0 Å². The maximum absolute atomic E-state index is 7.38. The van der Waals surface area contributed by atoms with Crippen LogP contribution in [0.2, 0.25) is 109 Å². The van der Waals surface area contributed by atoms with Gasteiger partial charge in [-0.15, -0.1) is 0 Å². The minimum Gasteiger partial charge on any atom is -0.378 e. The molecule has 3 rings (SSSR count). The molecule has 0 fully saturated rings. The van der Waals surface area contributed by atoms with Crippen LogP contribution in [0.15, 0.2) is 72.8 Å². The van der Waals surface area contributed by atoms with Crippen molar-refractivity contribution >= 4 is 79.6 Å². The predicted molar refractivity (Wildman–Crippen MR) is 261 cm³/mol. The molecule has 0 aromatic heterocycles. The van der Waals surface area contributed by atoms with E-state index in [4.69, 9.17) is 4.74 Å². The first-order valence-electron chi connectivity index (χ1n) is 21.4. The van der Waals surface area contributed by atoms with E-state index in [2.05, 4.69) is 179 Å². The van der Waals surface area contributed by atoms with Crippen molar-refractivity contribution in [1.29, 1.82) is 0 Å².